The maximum absolute atomic E-state index is 12.9. The average Bonchev–Trinajstić information content (AvgIpc) is 2.86. The van der Waals surface area contributed by atoms with E-state index < -0.39 is 5.82 Å². The van der Waals surface area contributed by atoms with Crippen LogP contribution in [0.4, 0.5) is 4.39 Å². The number of hydrogen-bond acceptors (Lipinski definition) is 3. The summed E-state index contributed by atoms with van der Waals surface area (Å²) in [6.07, 6.45) is 1.13. The van der Waals surface area contributed by atoms with Crippen LogP contribution in [-0.2, 0) is 4.74 Å². The van der Waals surface area contributed by atoms with Crippen LogP contribution in [0.3, 0.4) is 0 Å². The Kier molecular flexibility index (Phi) is 5.23. The van der Waals surface area contributed by atoms with Gasteiger partial charge in [-0.2, -0.15) is 0 Å². The molecule has 1 aliphatic heterocycles. The molecular formula is C13H17ClFNO2. The first kappa shape index (κ1) is 13.6. The molecule has 0 bridgehead atoms. The normalized spacial score (nSPS) is 19.1. The van der Waals surface area contributed by atoms with E-state index in [4.69, 9.17) is 21.1 Å². The van der Waals surface area contributed by atoms with Crippen molar-refractivity contribution in [2.75, 3.05) is 32.9 Å². The van der Waals surface area contributed by atoms with Gasteiger partial charge in [-0.1, -0.05) is 11.6 Å². The van der Waals surface area contributed by atoms with Gasteiger partial charge in [0.25, 0.3) is 0 Å². The van der Waals surface area contributed by atoms with Gasteiger partial charge in [0.2, 0.25) is 0 Å². The molecular weight excluding hydrogens is 257 g/mol. The molecule has 0 saturated carbocycles. The van der Waals surface area contributed by atoms with Gasteiger partial charge in [0.1, 0.15) is 18.2 Å². The standard InChI is InChI=1S/C13H17ClFNO2/c14-12-7-11(1-2-13(12)15)18-6-4-16-8-10-3-5-17-9-10/h1-2,7,10,16H,3-6,8-9H2. The first-order valence-corrected chi connectivity index (χ1v) is 6.50. The van der Waals surface area contributed by atoms with Crippen LogP contribution in [-0.4, -0.2) is 32.9 Å². The smallest absolute Gasteiger partial charge is 0.142 e. The number of nitrogens with one attached hydrogen (secondary N) is 1. The number of rotatable bonds is 6. The molecule has 1 fully saturated rings. The van der Waals surface area contributed by atoms with Gasteiger partial charge < -0.3 is 14.8 Å². The van der Waals surface area contributed by atoms with Gasteiger partial charge >= 0.3 is 0 Å². The van der Waals surface area contributed by atoms with Crippen LogP contribution < -0.4 is 10.1 Å². The molecule has 5 heteroatoms. The van der Waals surface area contributed by atoms with Crippen molar-refractivity contribution in [2.24, 2.45) is 5.92 Å². The van der Waals surface area contributed by atoms with Crippen molar-refractivity contribution in [3.8, 4) is 5.75 Å². The second-order valence-corrected chi connectivity index (χ2v) is 4.77. The van der Waals surface area contributed by atoms with E-state index in [9.17, 15) is 4.39 Å². The lowest BCUT2D eigenvalue weighted by atomic mass is 10.1. The molecule has 1 heterocycles. The summed E-state index contributed by atoms with van der Waals surface area (Å²) in [5, 5.41) is 3.40. The third-order valence-corrected chi connectivity index (χ3v) is 3.19. The lowest BCUT2D eigenvalue weighted by Gasteiger charge is -2.10. The number of hydrogen-bond donors (Lipinski definition) is 1. The van der Waals surface area contributed by atoms with Crippen LogP contribution in [0.25, 0.3) is 0 Å². The SMILES string of the molecule is Fc1ccc(OCCNCC2CCOC2)cc1Cl. The number of ether oxygens (including phenoxy) is 2. The maximum atomic E-state index is 12.9. The van der Waals surface area contributed by atoms with E-state index in [0.717, 1.165) is 32.7 Å². The molecule has 2 rings (SSSR count). The fourth-order valence-corrected chi connectivity index (χ4v) is 2.03. The predicted octanol–water partition coefficient (Wildman–Crippen LogP) is 2.48. The van der Waals surface area contributed by atoms with Crippen molar-refractivity contribution in [1.29, 1.82) is 0 Å². The highest BCUT2D eigenvalue weighted by atomic mass is 35.5. The molecule has 18 heavy (non-hydrogen) atoms. The summed E-state index contributed by atoms with van der Waals surface area (Å²) in [7, 11) is 0. The van der Waals surface area contributed by atoms with Crippen LogP contribution in [0.2, 0.25) is 5.02 Å². The zero-order valence-corrected chi connectivity index (χ0v) is 10.9. The van der Waals surface area contributed by atoms with Gasteiger partial charge in [-0.05, 0) is 24.5 Å². The van der Waals surface area contributed by atoms with Crippen molar-refractivity contribution in [3.05, 3.63) is 29.0 Å². The summed E-state index contributed by atoms with van der Waals surface area (Å²) < 4.78 is 23.7. The largest absolute Gasteiger partial charge is 0.492 e. The Morgan fingerprint density at radius 2 is 2.39 bits per heavy atom. The molecule has 1 aromatic rings. The summed E-state index contributed by atoms with van der Waals surface area (Å²) in [6, 6.07) is 4.37. The van der Waals surface area contributed by atoms with Crippen LogP contribution >= 0.6 is 11.6 Å². The summed E-state index contributed by atoms with van der Waals surface area (Å²) in [5.74, 6) is 0.779. The lowest BCUT2D eigenvalue weighted by molar-refractivity contribution is 0.185. The van der Waals surface area contributed by atoms with Gasteiger partial charge in [0, 0.05) is 25.8 Å². The number of halogens is 2. The van der Waals surface area contributed by atoms with E-state index in [1.807, 2.05) is 0 Å². The maximum Gasteiger partial charge on any atom is 0.142 e. The lowest BCUT2D eigenvalue weighted by Crippen LogP contribution is -2.27. The minimum atomic E-state index is -0.427. The van der Waals surface area contributed by atoms with E-state index in [1.54, 1.807) is 6.07 Å². The molecule has 0 aliphatic carbocycles. The molecule has 1 aromatic carbocycles. The van der Waals surface area contributed by atoms with Crippen molar-refractivity contribution >= 4 is 11.6 Å². The molecule has 3 nitrogen and oxygen atoms in total. The molecule has 1 aliphatic rings. The molecule has 100 valence electrons. The van der Waals surface area contributed by atoms with E-state index in [2.05, 4.69) is 5.32 Å². The fourth-order valence-electron chi connectivity index (χ4n) is 1.86. The van der Waals surface area contributed by atoms with Crippen molar-refractivity contribution < 1.29 is 13.9 Å². The zero-order chi connectivity index (χ0) is 12.8. The molecule has 1 N–H and O–H groups in total. The molecule has 0 radical (unpaired) electrons. The fraction of sp³-hybridized carbons (Fsp3) is 0.538. The summed E-state index contributed by atoms with van der Waals surface area (Å²) in [4.78, 5) is 0. The molecule has 1 unspecified atom stereocenters. The molecule has 0 amide bonds. The Labute approximate surface area is 111 Å². The third kappa shape index (κ3) is 4.12. The topological polar surface area (TPSA) is 30.5 Å². The Balaban J connectivity index is 1.61. The average molecular weight is 274 g/mol. The highest BCUT2D eigenvalue weighted by Gasteiger charge is 2.14. The second kappa shape index (κ2) is 6.92. The Bertz CT molecular complexity index is 383. The monoisotopic (exact) mass is 273 g/mol. The van der Waals surface area contributed by atoms with Crippen LogP contribution in [0.5, 0.6) is 5.75 Å². The quantitative estimate of drug-likeness (QED) is 0.808. The second-order valence-electron chi connectivity index (χ2n) is 4.36. The van der Waals surface area contributed by atoms with Crippen molar-refractivity contribution in [3.63, 3.8) is 0 Å². The Morgan fingerprint density at radius 3 is 3.11 bits per heavy atom. The minimum absolute atomic E-state index is 0.0866. The molecule has 1 saturated heterocycles. The van der Waals surface area contributed by atoms with E-state index >= 15 is 0 Å². The van der Waals surface area contributed by atoms with Gasteiger partial charge in [0.15, 0.2) is 0 Å². The Hall–Kier alpha value is -0.840. The van der Waals surface area contributed by atoms with Crippen molar-refractivity contribution in [1.82, 2.24) is 5.32 Å². The summed E-state index contributed by atoms with van der Waals surface area (Å²) >= 11 is 5.66. The van der Waals surface area contributed by atoms with Gasteiger partial charge in [-0.15, -0.1) is 0 Å². The zero-order valence-electron chi connectivity index (χ0n) is 10.1. The highest BCUT2D eigenvalue weighted by molar-refractivity contribution is 6.30. The Morgan fingerprint density at radius 1 is 1.50 bits per heavy atom. The molecule has 0 aromatic heterocycles. The summed E-state index contributed by atoms with van der Waals surface area (Å²) in [6.45, 7) is 3.97. The van der Waals surface area contributed by atoms with E-state index in [0.29, 0.717) is 18.3 Å². The summed E-state index contributed by atoms with van der Waals surface area (Å²) in [5.41, 5.74) is 0. The van der Waals surface area contributed by atoms with Gasteiger partial charge in [-0.3, -0.25) is 0 Å². The number of benzene rings is 1. The van der Waals surface area contributed by atoms with Crippen molar-refractivity contribution in [2.45, 2.75) is 6.42 Å². The van der Waals surface area contributed by atoms with Gasteiger partial charge in [-0.25, -0.2) is 4.39 Å². The van der Waals surface area contributed by atoms with Crippen LogP contribution in [0.15, 0.2) is 18.2 Å². The minimum Gasteiger partial charge on any atom is -0.492 e. The third-order valence-electron chi connectivity index (χ3n) is 2.90. The van der Waals surface area contributed by atoms with Gasteiger partial charge in [0.05, 0.1) is 11.6 Å². The van der Waals surface area contributed by atoms with E-state index in [-0.39, 0.29) is 5.02 Å². The predicted molar refractivity (Wildman–Crippen MR) is 68.7 cm³/mol. The first-order chi connectivity index (χ1) is 8.75. The first-order valence-electron chi connectivity index (χ1n) is 6.12. The molecule has 1 atom stereocenters. The molecule has 0 spiro atoms. The van der Waals surface area contributed by atoms with E-state index in [1.165, 1.54) is 12.1 Å². The van der Waals surface area contributed by atoms with Crippen LogP contribution in [0, 0.1) is 11.7 Å². The van der Waals surface area contributed by atoms with Crippen LogP contribution in [0.1, 0.15) is 6.42 Å². The highest BCUT2D eigenvalue weighted by Crippen LogP contribution is 2.20.